The molecule has 9 nitrogen and oxygen atoms in total. The maximum Gasteiger partial charge on any atom is 0.515 e. The monoisotopic (exact) mass is 542 g/mol. The SMILES string of the molecule is CCCCc1nc(SC)c(OC(=O)OCC)n1Cc1ccc(Cc2cccc(S(=O)(=O)NC#N)c2)cc1. The van der Waals surface area contributed by atoms with Crippen LogP contribution < -0.4 is 9.46 Å². The third-order valence-corrected chi connectivity index (χ3v) is 7.41. The number of sulfonamides is 1. The molecule has 2 aromatic carbocycles. The summed E-state index contributed by atoms with van der Waals surface area (Å²) in [6.45, 7) is 4.52. The second-order valence-corrected chi connectivity index (χ2v) is 10.7. The highest BCUT2D eigenvalue weighted by atomic mass is 32.2. The lowest BCUT2D eigenvalue weighted by atomic mass is 10.0. The number of unbranched alkanes of at least 4 members (excludes halogenated alkanes) is 1. The quantitative estimate of drug-likeness (QED) is 0.149. The van der Waals surface area contributed by atoms with Gasteiger partial charge in [0.1, 0.15) is 5.82 Å². The summed E-state index contributed by atoms with van der Waals surface area (Å²) < 4.78 is 38.5. The van der Waals surface area contributed by atoms with E-state index in [0.717, 1.165) is 41.8 Å². The van der Waals surface area contributed by atoms with E-state index in [1.807, 2.05) is 45.9 Å². The van der Waals surface area contributed by atoms with Crippen molar-refractivity contribution in [2.75, 3.05) is 12.9 Å². The standard InChI is InChI=1S/C26H30N4O5S2/c1-4-6-10-23-29-24(36-3)25(35-26(31)34-5-2)30(23)17-20-13-11-19(12-14-20)15-21-8-7-9-22(16-21)37(32,33)28-18-27/h7-9,11-14,16,28H,4-6,10,15,17H2,1-3H3. The van der Waals surface area contributed by atoms with Crippen molar-refractivity contribution < 1.29 is 22.7 Å². The van der Waals surface area contributed by atoms with Crippen molar-refractivity contribution in [1.82, 2.24) is 14.3 Å². The number of hydrogen-bond donors (Lipinski definition) is 1. The van der Waals surface area contributed by atoms with Gasteiger partial charge in [0, 0.05) is 6.42 Å². The fourth-order valence-electron chi connectivity index (χ4n) is 3.73. The summed E-state index contributed by atoms with van der Waals surface area (Å²) in [6.07, 6.45) is 5.85. The van der Waals surface area contributed by atoms with Gasteiger partial charge in [-0.05, 0) is 54.8 Å². The van der Waals surface area contributed by atoms with Gasteiger partial charge in [0.15, 0.2) is 11.2 Å². The zero-order valence-corrected chi connectivity index (χ0v) is 22.7. The molecule has 0 atom stereocenters. The van der Waals surface area contributed by atoms with Gasteiger partial charge in [-0.1, -0.05) is 49.7 Å². The summed E-state index contributed by atoms with van der Waals surface area (Å²) in [4.78, 5) is 16.8. The fraction of sp³-hybridized carbons (Fsp3) is 0.346. The summed E-state index contributed by atoms with van der Waals surface area (Å²) in [6, 6.07) is 14.4. The number of carbonyl (C=O) groups excluding carboxylic acids is 1. The number of rotatable bonds is 12. The largest absolute Gasteiger partial charge is 0.515 e. The second-order valence-electron chi connectivity index (χ2n) is 8.18. The molecule has 0 aliphatic rings. The summed E-state index contributed by atoms with van der Waals surface area (Å²) >= 11 is 1.41. The van der Waals surface area contributed by atoms with Gasteiger partial charge >= 0.3 is 6.16 Å². The Morgan fingerprint density at radius 3 is 2.51 bits per heavy atom. The topological polar surface area (TPSA) is 123 Å². The van der Waals surface area contributed by atoms with Crippen molar-refractivity contribution >= 4 is 27.9 Å². The molecule has 1 N–H and O–H groups in total. The number of aromatic nitrogens is 2. The summed E-state index contributed by atoms with van der Waals surface area (Å²) in [7, 11) is -3.86. The molecule has 0 spiro atoms. The molecule has 37 heavy (non-hydrogen) atoms. The molecule has 0 unspecified atom stereocenters. The average Bonchev–Trinajstić information content (AvgIpc) is 3.20. The van der Waals surface area contributed by atoms with Crippen LogP contribution in [0.25, 0.3) is 0 Å². The molecule has 0 bridgehead atoms. The van der Waals surface area contributed by atoms with E-state index >= 15 is 0 Å². The normalized spacial score (nSPS) is 11.1. The van der Waals surface area contributed by atoms with Crippen LogP contribution in [0.1, 0.15) is 49.2 Å². The minimum absolute atomic E-state index is 0.0432. The van der Waals surface area contributed by atoms with Crippen LogP contribution in [-0.4, -0.2) is 37.0 Å². The Morgan fingerprint density at radius 1 is 1.14 bits per heavy atom. The number of imidazole rings is 1. The first kappa shape index (κ1) is 28.1. The number of nitrogens with one attached hydrogen (secondary N) is 1. The van der Waals surface area contributed by atoms with Crippen LogP contribution in [0.4, 0.5) is 4.79 Å². The van der Waals surface area contributed by atoms with Crippen LogP contribution in [0.15, 0.2) is 58.5 Å². The molecule has 3 rings (SSSR count). The van der Waals surface area contributed by atoms with Crippen molar-refractivity contribution in [2.45, 2.75) is 56.0 Å². The summed E-state index contributed by atoms with van der Waals surface area (Å²) in [5, 5.41) is 9.32. The predicted octanol–water partition coefficient (Wildman–Crippen LogP) is 4.88. The number of ether oxygens (including phenoxy) is 2. The molecular weight excluding hydrogens is 512 g/mol. The Balaban J connectivity index is 1.83. The maximum atomic E-state index is 12.1. The summed E-state index contributed by atoms with van der Waals surface area (Å²) in [5.74, 6) is 1.23. The van der Waals surface area contributed by atoms with Crippen molar-refractivity contribution in [3.05, 3.63) is 71.0 Å². The summed E-state index contributed by atoms with van der Waals surface area (Å²) in [5.41, 5.74) is 2.80. The van der Waals surface area contributed by atoms with E-state index in [2.05, 4.69) is 6.92 Å². The van der Waals surface area contributed by atoms with Crippen LogP contribution >= 0.6 is 11.8 Å². The van der Waals surface area contributed by atoms with Gasteiger partial charge < -0.3 is 9.47 Å². The fourth-order valence-corrected chi connectivity index (χ4v) is 5.05. The molecule has 0 amide bonds. The first-order valence-electron chi connectivity index (χ1n) is 11.9. The van der Waals surface area contributed by atoms with Gasteiger partial charge in [-0.25, -0.2) is 22.9 Å². The van der Waals surface area contributed by atoms with E-state index in [0.29, 0.717) is 23.9 Å². The molecule has 196 valence electrons. The number of thioether (sulfide) groups is 1. The molecule has 3 aromatic rings. The molecule has 0 aliphatic carbocycles. The molecule has 0 fully saturated rings. The highest BCUT2D eigenvalue weighted by Gasteiger charge is 2.21. The van der Waals surface area contributed by atoms with Gasteiger partial charge in [0.05, 0.1) is 18.0 Å². The Morgan fingerprint density at radius 2 is 1.86 bits per heavy atom. The second kappa shape index (κ2) is 13.2. The zero-order valence-electron chi connectivity index (χ0n) is 21.1. The third kappa shape index (κ3) is 7.50. The van der Waals surface area contributed by atoms with Crippen molar-refractivity contribution in [3.63, 3.8) is 0 Å². The van der Waals surface area contributed by atoms with Crippen LogP contribution in [0.5, 0.6) is 5.88 Å². The number of nitrogens with zero attached hydrogens (tertiary/aromatic N) is 3. The Hall–Kier alpha value is -3.49. The smallest absolute Gasteiger partial charge is 0.434 e. The van der Waals surface area contributed by atoms with E-state index in [4.69, 9.17) is 19.7 Å². The number of hydrogen-bond acceptors (Lipinski definition) is 8. The minimum Gasteiger partial charge on any atom is -0.434 e. The zero-order chi connectivity index (χ0) is 26.8. The van der Waals surface area contributed by atoms with Crippen LogP contribution in [0.2, 0.25) is 0 Å². The molecule has 0 radical (unpaired) electrons. The molecule has 0 aliphatic heterocycles. The number of benzene rings is 2. The molecule has 1 aromatic heterocycles. The van der Waals surface area contributed by atoms with Gasteiger partial charge in [-0.2, -0.15) is 5.26 Å². The van der Waals surface area contributed by atoms with Gasteiger partial charge in [0.2, 0.25) is 5.88 Å². The van der Waals surface area contributed by atoms with E-state index in [9.17, 15) is 13.2 Å². The number of aryl methyl sites for hydroxylation is 1. The van der Waals surface area contributed by atoms with Crippen molar-refractivity contribution in [2.24, 2.45) is 0 Å². The number of carbonyl (C=O) groups is 1. The van der Waals surface area contributed by atoms with Gasteiger partial charge in [-0.3, -0.25) is 4.57 Å². The first-order valence-corrected chi connectivity index (χ1v) is 14.6. The minimum atomic E-state index is -3.86. The molecular formula is C26H30N4O5S2. The van der Waals surface area contributed by atoms with Gasteiger partial charge in [-0.15, -0.1) is 11.8 Å². The Kier molecular flexibility index (Phi) is 10.00. The molecule has 0 saturated carbocycles. The first-order chi connectivity index (χ1) is 17.8. The van der Waals surface area contributed by atoms with E-state index < -0.39 is 16.2 Å². The van der Waals surface area contributed by atoms with E-state index in [-0.39, 0.29) is 11.5 Å². The van der Waals surface area contributed by atoms with Crippen LogP contribution in [-0.2, 0) is 34.1 Å². The highest BCUT2D eigenvalue weighted by molar-refractivity contribution is 7.98. The van der Waals surface area contributed by atoms with E-state index in [1.165, 1.54) is 24.0 Å². The van der Waals surface area contributed by atoms with Crippen molar-refractivity contribution in [1.29, 1.82) is 5.26 Å². The predicted molar refractivity (Wildman–Crippen MR) is 141 cm³/mol. The van der Waals surface area contributed by atoms with Crippen LogP contribution in [0, 0.1) is 11.5 Å². The highest BCUT2D eigenvalue weighted by Crippen LogP contribution is 2.31. The lowest BCUT2D eigenvalue weighted by Crippen LogP contribution is -2.18. The molecule has 11 heteroatoms. The van der Waals surface area contributed by atoms with E-state index in [1.54, 1.807) is 19.1 Å². The number of nitriles is 1. The maximum absolute atomic E-state index is 12.1. The molecule has 1 heterocycles. The third-order valence-electron chi connectivity index (χ3n) is 5.52. The van der Waals surface area contributed by atoms with Crippen LogP contribution in [0.3, 0.4) is 0 Å². The average molecular weight is 543 g/mol. The Labute approximate surface area is 221 Å². The lowest BCUT2D eigenvalue weighted by Gasteiger charge is -2.13. The van der Waals surface area contributed by atoms with Gasteiger partial charge in [0.25, 0.3) is 10.0 Å². The molecule has 0 saturated heterocycles. The lowest BCUT2D eigenvalue weighted by molar-refractivity contribution is 0.0998. The Bertz CT molecular complexity index is 1360. The van der Waals surface area contributed by atoms with Crippen molar-refractivity contribution in [3.8, 4) is 12.1 Å².